The van der Waals surface area contributed by atoms with Crippen LogP contribution in [0.4, 0.5) is 5.69 Å². The molecule has 3 nitrogen and oxygen atoms in total. The number of nitrogens with two attached hydrogens (primary N) is 1. The van der Waals surface area contributed by atoms with Crippen LogP contribution in [0, 0.1) is 6.92 Å². The maximum Gasteiger partial charge on any atom is 0.148 e. The van der Waals surface area contributed by atoms with Gasteiger partial charge in [-0.2, -0.15) is 0 Å². The molecule has 0 saturated carbocycles. The molecule has 3 rings (SSSR count). The number of halogens is 1. The summed E-state index contributed by atoms with van der Waals surface area (Å²) in [4.78, 5) is 4.48. The van der Waals surface area contributed by atoms with E-state index in [1.807, 2.05) is 84.0 Å². The lowest BCUT2D eigenvalue weighted by atomic mass is 10.1. The molecule has 0 spiro atoms. The van der Waals surface area contributed by atoms with Gasteiger partial charge in [-0.05, 0) is 37.6 Å². The highest BCUT2D eigenvalue weighted by Crippen LogP contribution is 2.32. The van der Waals surface area contributed by atoms with E-state index in [0.717, 1.165) is 22.4 Å². The lowest BCUT2D eigenvalue weighted by Gasteiger charge is -2.25. The molecule has 1 heterocycles. The van der Waals surface area contributed by atoms with Crippen molar-refractivity contribution in [3.8, 4) is 0 Å². The molecule has 0 aromatic heterocycles. The summed E-state index contributed by atoms with van der Waals surface area (Å²) in [6.07, 6.45) is 1.52. The Morgan fingerprint density at radius 1 is 1.12 bits per heavy atom. The van der Waals surface area contributed by atoms with Gasteiger partial charge in [-0.3, -0.25) is 0 Å². The van der Waals surface area contributed by atoms with E-state index in [9.17, 15) is 0 Å². The lowest BCUT2D eigenvalue weighted by Crippen LogP contribution is -2.25. The van der Waals surface area contributed by atoms with Crippen LogP contribution in [0.3, 0.4) is 0 Å². The molecular formula is C22H32ClN3. The van der Waals surface area contributed by atoms with E-state index in [1.54, 1.807) is 6.08 Å². The fourth-order valence-corrected chi connectivity index (χ4v) is 2.56. The zero-order valence-corrected chi connectivity index (χ0v) is 17.6. The molecule has 1 aliphatic rings. The number of aryl methyl sites for hydroxylation is 1. The SMILES string of the molecule is C=CC.CC.CC.Cc1ccc(C2N=C(N)c3ccccc3N2)c(Cl)c1. The van der Waals surface area contributed by atoms with Crippen LogP contribution in [-0.2, 0) is 0 Å². The summed E-state index contributed by atoms with van der Waals surface area (Å²) in [7, 11) is 0. The Morgan fingerprint density at radius 3 is 2.27 bits per heavy atom. The maximum absolute atomic E-state index is 6.29. The largest absolute Gasteiger partial charge is 0.383 e. The number of amidine groups is 1. The van der Waals surface area contributed by atoms with Crippen molar-refractivity contribution in [3.63, 3.8) is 0 Å². The number of fused-ring (bicyclic) bond motifs is 1. The number of hydrogen-bond donors (Lipinski definition) is 2. The van der Waals surface area contributed by atoms with Crippen LogP contribution in [0.2, 0.25) is 5.02 Å². The molecule has 1 atom stereocenters. The van der Waals surface area contributed by atoms with E-state index in [1.165, 1.54) is 0 Å². The molecule has 142 valence electrons. The molecule has 0 aliphatic carbocycles. The van der Waals surface area contributed by atoms with Gasteiger partial charge in [0.1, 0.15) is 12.0 Å². The van der Waals surface area contributed by atoms with E-state index in [2.05, 4.69) is 16.9 Å². The molecule has 26 heavy (non-hydrogen) atoms. The van der Waals surface area contributed by atoms with Crippen LogP contribution in [0.5, 0.6) is 0 Å². The van der Waals surface area contributed by atoms with Crippen molar-refractivity contribution >= 4 is 23.1 Å². The smallest absolute Gasteiger partial charge is 0.148 e. The summed E-state index contributed by atoms with van der Waals surface area (Å²) < 4.78 is 0. The number of benzene rings is 2. The first-order valence-corrected chi connectivity index (χ1v) is 9.47. The van der Waals surface area contributed by atoms with E-state index in [4.69, 9.17) is 17.3 Å². The van der Waals surface area contributed by atoms with Crippen LogP contribution in [0.25, 0.3) is 0 Å². The third kappa shape index (κ3) is 6.57. The first kappa shape index (κ1) is 23.7. The number of anilines is 1. The number of hydrogen-bond acceptors (Lipinski definition) is 3. The van der Waals surface area contributed by atoms with Gasteiger partial charge in [0.15, 0.2) is 0 Å². The van der Waals surface area contributed by atoms with E-state index in [-0.39, 0.29) is 6.17 Å². The van der Waals surface area contributed by atoms with E-state index < -0.39 is 0 Å². The van der Waals surface area contributed by atoms with Crippen LogP contribution in [-0.4, -0.2) is 5.84 Å². The molecule has 2 aromatic rings. The Morgan fingerprint density at radius 2 is 1.69 bits per heavy atom. The predicted molar refractivity (Wildman–Crippen MR) is 118 cm³/mol. The molecule has 1 aliphatic heterocycles. The zero-order valence-electron chi connectivity index (χ0n) is 16.8. The first-order valence-electron chi connectivity index (χ1n) is 9.09. The predicted octanol–water partition coefficient (Wildman–Crippen LogP) is 6.72. The zero-order chi connectivity index (χ0) is 20.1. The molecule has 0 radical (unpaired) electrons. The quantitative estimate of drug-likeness (QED) is 0.545. The second kappa shape index (κ2) is 13.0. The first-order chi connectivity index (χ1) is 12.6. The summed E-state index contributed by atoms with van der Waals surface area (Å²) in [6, 6.07) is 13.8. The van der Waals surface area contributed by atoms with Crippen molar-refractivity contribution in [2.75, 3.05) is 5.32 Å². The third-order valence-corrected chi connectivity index (χ3v) is 3.54. The summed E-state index contributed by atoms with van der Waals surface area (Å²) in [5, 5.41) is 4.05. The molecule has 3 N–H and O–H groups in total. The number of para-hydroxylation sites is 1. The third-order valence-electron chi connectivity index (χ3n) is 3.21. The Hall–Kier alpha value is -2.26. The van der Waals surface area contributed by atoms with Gasteiger partial charge in [0, 0.05) is 21.8 Å². The fourth-order valence-electron chi connectivity index (χ4n) is 2.22. The Kier molecular flexibility index (Phi) is 11.9. The molecular weight excluding hydrogens is 342 g/mol. The van der Waals surface area contributed by atoms with Crippen LogP contribution in [0.1, 0.15) is 57.5 Å². The van der Waals surface area contributed by atoms with Gasteiger partial charge in [-0.1, -0.05) is 69.6 Å². The van der Waals surface area contributed by atoms with Gasteiger partial charge in [0.2, 0.25) is 0 Å². The number of aliphatic imine (C=N–C) groups is 1. The van der Waals surface area contributed by atoms with Gasteiger partial charge >= 0.3 is 0 Å². The summed E-state index contributed by atoms with van der Waals surface area (Å²) in [5.74, 6) is 0.538. The molecule has 1 unspecified atom stereocenters. The Bertz CT molecular complexity index is 708. The van der Waals surface area contributed by atoms with Crippen LogP contribution in [0.15, 0.2) is 60.1 Å². The van der Waals surface area contributed by atoms with E-state index >= 15 is 0 Å². The highest BCUT2D eigenvalue weighted by Gasteiger charge is 2.21. The van der Waals surface area contributed by atoms with Crippen molar-refractivity contribution in [1.29, 1.82) is 0 Å². The van der Waals surface area contributed by atoms with Crippen LogP contribution >= 0.6 is 11.6 Å². The second-order valence-electron chi connectivity index (χ2n) is 5.04. The van der Waals surface area contributed by atoms with Crippen molar-refractivity contribution in [2.24, 2.45) is 10.7 Å². The summed E-state index contributed by atoms with van der Waals surface area (Å²) in [6.45, 7) is 15.3. The lowest BCUT2D eigenvalue weighted by molar-refractivity contribution is 0.825. The average Bonchev–Trinajstić information content (AvgIpc) is 2.66. The Balaban J connectivity index is 0.000000793. The number of nitrogens with zero attached hydrogens (tertiary/aromatic N) is 1. The van der Waals surface area contributed by atoms with Crippen molar-refractivity contribution < 1.29 is 0 Å². The molecule has 0 fully saturated rings. The minimum absolute atomic E-state index is 0.233. The minimum atomic E-state index is -0.233. The van der Waals surface area contributed by atoms with Crippen molar-refractivity contribution in [1.82, 2.24) is 0 Å². The number of rotatable bonds is 1. The van der Waals surface area contributed by atoms with Gasteiger partial charge in [0.05, 0.1) is 0 Å². The molecule has 0 saturated heterocycles. The maximum atomic E-state index is 6.29. The fraction of sp³-hybridized carbons (Fsp3) is 0.318. The standard InChI is InChI=1S/C15H14ClN3.C3H6.2C2H6/c1-9-6-7-10(12(16)8-9)15-18-13-5-3-2-4-11(13)14(17)19-15;1-3-2;2*1-2/h2-8,15,18H,1H3,(H2,17,19);3H,1H2,2H3;2*1-2H3. The highest BCUT2D eigenvalue weighted by molar-refractivity contribution is 6.31. The van der Waals surface area contributed by atoms with Crippen LogP contribution < -0.4 is 11.1 Å². The average molecular weight is 374 g/mol. The summed E-state index contributed by atoms with van der Waals surface area (Å²) in [5.41, 5.74) is 10.00. The number of allylic oxidation sites excluding steroid dienone is 1. The van der Waals surface area contributed by atoms with Gasteiger partial charge < -0.3 is 11.1 Å². The second-order valence-corrected chi connectivity index (χ2v) is 5.45. The van der Waals surface area contributed by atoms with Gasteiger partial charge in [0.25, 0.3) is 0 Å². The normalized spacial score (nSPS) is 13.7. The monoisotopic (exact) mass is 373 g/mol. The molecule has 4 heteroatoms. The van der Waals surface area contributed by atoms with E-state index in [0.29, 0.717) is 10.9 Å². The molecule has 2 aromatic carbocycles. The topological polar surface area (TPSA) is 50.4 Å². The highest BCUT2D eigenvalue weighted by atomic mass is 35.5. The Labute approximate surface area is 164 Å². The van der Waals surface area contributed by atoms with Crippen molar-refractivity contribution in [2.45, 2.75) is 47.7 Å². The van der Waals surface area contributed by atoms with Crippen molar-refractivity contribution in [3.05, 3.63) is 76.8 Å². The number of nitrogens with one attached hydrogen (secondary N) is 1. The molecule has 0 bridgehead atoms. The van der Waals surface area contributed by atoms with Gasteiger partial charge in [-0.15, -0.1) is 6.58 Å². The van der Waals surface area contributed by atoms with Gasteiger partial charge in [-0.25, -0.2) is 4.99 Å². The minimum Gasteiger partial charge on any atom is -0.383 e. The summed E-state index contributed by atoms with van der Waals surface area (Å²) >= 11 is 6.29. The molecule has 0 amide bonds.